The topological polar surface area (TPSA) is 95.9 Å². The Balaban J connectivity index is 2.05. The second-order valence-electron chi connectivity index (χ2n) is 4.07. The van der Waals surface area contributed by atoms with Gasteiger partial charge in [-0.1, -0.05) is 0 Å². The van der Waals surface area contributed by atoms with Gasteiger partial charge in [-0.3, -0.25) is 14.1 Å². The molecular weight excluding hydrogens is 259 g/mol. The number of aliphatic hydroxyl groups is 1. The minimum atomic E-state index is -1.14. The van der Waals surface area contributed by atoms with Gasteiger partial charge in [0.25, 0.3) is 10.9 Å². The van der Waals surface area contributed by atoms with Crippen LogP contribution in [0.1, 0.15) is 12.8 Å². The van der Waals surface area contributed by atoms with Crippen LogP contribution in [-0.2, 0) is 9.09 Å². The number of nitrogens with zero attached hydrogens (tertiary/aromatic N) is 1. The molecule has 1 aromatic carbocycles. The summed E-state index contributed by atoms with van der Waals surface area (Å²) in [6, 6.07) is 0. The van der Waals surface area contributed by atoms with Gasteiger partial charge in [0.2, 0.25) is 0 Å². The van der Waals surface area contributed by atoms with Gasteiger partial charge >= 0.3 is 8.69 Å². The molecule has 0 saturated heterocycles. The van der Waals surface area contributed by atoms with Crippen LogP contribution < -0.4 is 21.1 Å². The van der Waals surface area contributed by atoms with E-state index in [2.05, 4.69) is 9.84 Å². The zero-order valence-corrected chi connectivity index (χ0v) is 10.5. The maximum atomic E-state index is 11.5. The minimum Gasteiger partial charge on any atom is -0.380 e. The van der Waals surface area contributed by atoms with Crippen LogP contribution in [0.15, 0.2) is 9.59 Å². The van der Waals surface area contributed by atoms with Crippen LogP contribution in [-0.4, -0.2) is 31.0 Å². The molecule has 1 aliphatic rings. The molecular formula is C10H13N2O5P. The summed E-state index contributed by atoms with van der Waals surface area (Å²) in [6.45, 7) is 1.65. The Hall–Kier alpha value is -1.30. The zero-order chi connectivity index (χ0) is 13.1. The van der Waals surface area contributed by atoms with Crippen molar-refractivity contribution in [1.29, 1.82) is 0 Å². The normalized spacial score (nSPS) is 17.3. The van der Waals surface area contributed by atoms with E-state index in [9.17, 15) is 19.3 Å². The predicted octanol–water partition coefficient (Wildman–Crippen LogP) is -0.164. The number of nitrogens with one attached hydrogen (secondary N) is 1. The van der Waals surface area contributed by atoms with Crippen molar-refractivity contribution < 1.29 is 14.2 Å². The molecule has 0 saturated carbocycles. The molecule has 0 bridgehead atoms. The van der Waals surface area contributed by atoms with Crippen LogP contribution in [0, 0.1) is 0 Å². The molecule has 0 spiro atoms. The van der Waals surface area contributed by atoms with Gasteiger partial charge in [0.15, 0.2) is 6.29 Å². The largest absolute Gasteiger partial charge is 0.380 e. The SMILES string of the molecule is O=POC(O)CCN1CCCNc2c1c(=O)c2=O. The molecule has 0 fully saturated rings. The van der Waals surface area contributed by atoms with E-state index >= 15 is 0 Å². The van der Waals surface area contributed by atoms with E-state index in [0.29, 0.717) is 31.0 Å². The van der Waals surface area contributed by atoms with Crippen LogP contribution in [0.5, 0.6) is 0 Å². The highest BCUT2D eigenvalue weighted by Gasteiger charge is 2.27. The molecule has 98 valence electrons. The lowest BCUT2D eigenvalue weighted by Crippen LogP contribution is -2.42. The lowest BCUT2D eigenvalue weighted by atomic mass is 10.1. The van der Waals surface area contributed by atoms with Crippen LogP contribution in [0.2, 0.25) is 0 Å². The van der Waals surface area contributed by atoms with E-state index in [0.717, 1.165) is 6.42 Å². The van der Waals surface area contributed by atoms with Gasteiger partial charge in [-0.05, 0) is 6.42 Å². The van der Waals surface area contributed by atoms with Crippen LogP contribution in [0.25, 0.3) is 0 Å². The number of anilines is 2. The average Bonchev–Trinajstić information content (AvgIpc) is 2.56. The first-order valence-electron chi connectivity index (χ1n) is 5.64. The number of hydrogen-bond donors (Lipinski definition) is 2. The summed E-state index contributed by atoms with van der Waals surface area (Å²) in [5.41, 5.74) is -0.206. The van der Waals surface area contributed by atoms with Crippen molar-refractivity contribution in [2.24, 2.45) is 0 Å². The number of hydrogen-bond acceptors (Lipinski definition) is 7. The number of aliphatic hydroxyl groups excluding tert-OH is 1. The summed E-state index contributed by atoms with van der Waals surface area (Å²) in [7, 11) is -0.581. The molecule has 1 heterocycles. The van der Waals surface area contributed by atoms with Crippen LogP contribution in [0.3, 0.4) is 0 Å². The minimum absolute atomic E-state index is 0.216. The maximum Gasteiger partial charge on any atom is 0.329 e. The lowest BCUT2D eigenvalue weighted by Gasteiger charge is -2.25. The molecule has 18 heavy (non-hydrogen) atoms. The fourth-order valence-electron chi connectivity index (χ4n) is 2.03. The average molecular weight is 272 g/mol. The van der Waals surface area contributed by atoms with E-state index in [1.807, 2.05) is 0 Å². The Morgan fingerprint density at radius 3 is 2.94 bits per heavy atom. The second-order valence-corrected chi connectivity index (χ2v) is 4.43. The first-order valence-corrected chi connectivity index (χ1v) is 6.37. The summed E-state index contributed by atoms with van der Waals surface area (Å²) >= 11 is 0. The van der Waals surface area contributed by atoms with E-state index in [4.69, 9.17) is 0 Å². The standard InChI is InChI=1S/C10H13N2O5P/c13-6(17-18-16)2-5-12-4-1-3-11-7-8(12)10(15)9(7)14/h6,11,13H,1-5H2. The lowest BCUT2D eigenvalue weighted by molar-refractivity contribution is -0.0115. The summed E-state index contributed by atoms with van der Waals surface area (Å²) in [5.74, 6) is 0. The molecule has 2 rings (SSSR count). The summed E-state index contributed by atoms with van der Waals surface area (Å²) in [5, 5.41) is 12.2. The number of fused-ring (bicyclic) bond motifs is 1. The molecule has 8 heteroatoms. The van der Waals surface area contributed by atoms with Gasteiger partial charge in [0.05, 0.1) is 0 Å². The third-order valence-electron chi connectivity index (χ3n) is 2.92. The van der Waals surface area contributed by atoms with Gasteiger partial charge in [0.1, 0.15) is 11.4 Å². The van der Waals surface area contributed by atoms with Crippen molar-refractivity contribution in [3.8, 4) is 0 Å². The highest BCUT2D eigenvalue weighted by molar-refractivity contribution is 7.17. The molecule has 1 atom stereocenters. The molecule has 1 aromatic rings. The Morgan fingerprint density at radius 1 is 1.44 bits per heavy atom. The second kappa shape index (κ2) is 5.56. The van der Waals surface area contributed by atoms with Crippen molar-refractivity contribution in [1.82, 2.24) is 0 Å². The molecule has 0 radical (unpaired) electrons. The maximum absolute atomic E-state index is 11.5. The predicted molar refractivity (Wildman–Crippen MR) is 66.0 cm³/mol. The first-order chi connectivity index (χ1) is 8.65. The molecule has 1 aliphatic heterocycles. The molecule has 0 amide bonds. The highest BCUT2D eigenvalue weighted by atomic mass is 31.1. The van der Waals surface area contributed by atoms with Gasteiger partial charge < -0.3 is 15.3 Å². The fourth-order valence-corrected chi connectivity index (χ4v) is 2.24. The Kier molecular flexibility index (Phi) is 4.06. The van der Waals surface area contributed by atoms with E-state index in [-0.39, 0.29) is 6.42 Å². The van der Waals surface area contributed by atoms with E-state index < -0.39 is 25.8 Å². The van der Waals surface area contributed by atoms with Crippen molar-refractivity contribution in [2.75, 3.05) is 29.9 Å². The van der Waals surface area contributed by atoms with Crippen molar-refractivity contribution >= 4 is 20.1 Å². The van der Waals surface area contributed by atoms with Crippen LogP contribution >= 0.6 is 8.69 Å². The third kappa shape index (κ3) is 2.43. The van der Waals surface area contributed by atoms with Gasteiger partial charge in [-0.25, -0.2) is 4.57 Å². The third-order valence-corrected chi connectivity index (χ3v) is 3.25. The smallest absolute Gasteiger partial charge is 0.329 e. The Morgan fingerprint density at radius 2 is 2.22 bits per heavy atom. The van der Waals surface area contributed by atoms with Gasteiger partial charge in [-0.15, -0.1) is 0 Å². The van der Waals surface area contributed by atoms with Gasteiger partial charge in [-0.2, -0.15) is 0 Å². The fraction of sp³-hybridized carbons (Fsp3) is 0.600. The summed E-state index contributed by atoms with van der Waals surface area (Å²) in [4.78, 5) is 24.6. The van der Waals surface area contributed by atoms with Crippen LogP contribution in [0.4, 0.5) is 11.4 Å². The summed E-state index contributed by atoms with van der Waals surface area (Å²) < 4.78 is 14.6. The van der Waals surface area contributed by atoms with E-state index in [1.165, 1.54) is 0 Å². The first kappa shape index (κ1) is 13.1. The van der Waals surface area contributed by atoms with Crippen molar-refractivity contribution in [3.05, 3.63) is 20.4 Å². The molecule has 2 N–H and O–H groups in total. The highest BCUT2D eigenvalue weighted by Crippen LogP contribution is 2.23. The van der Waals surface area contributed by atoms with Crippen molar-refractivity contribution in [2.45, 2.75) is 19.1 Å². The monoisotopic (exact) mass is 272 g/mol. The number of rotatable bonds is 5. The molecule has 0 aliphatic carbocycles. The molecule has 7 nitrogen and oxygen atoms in total. The Labute approximate surface area is 104 Å². The quantitative estimate of drug-likeness (QED) is 0.436. The van der Waals surface area contributed by atoms with Crippen molar-refractivity contribution in [3.63, 3.8) is 0 Å². The van der Waals surface area contributed by atoms with Gasteiger partial charge in [0, 0.05) is 26.1 Å². The molecule has 0 aromatic heterocycles. The zero-order valence-electron chi connectivity index (χ0n) is 9.59. The Bertz CT molecular complexity index is 510. The summed E-state index contributed by atoms with van der Waals surface area (Å²) in [6.07, 6.45) is -0.132. The van der Waals surface area contributed by atoms with E-state index in [1.54, 1.807) is 4.90 Å². The molecule has 1 unspecified atom stereocenters.